The third-order valence-corrected chi connectivity index (χ3v) is 3.36. The molecule has 0 amide bonds. The molecule has 0 radical (unpaired) electrons. The molecule has 0 saturated carbocycles. The maximum absolute atomic E-state index is 5.86. The molecule has 0 aliphatic carbocycles. The third-order valence-electron chi connectivity index (χ3n) is 3.36. The Balaban J connectivity index is 0.00000312. The molecule has 4 nitrogen and oxygen atoms in total. The van der Waals surface area contributed by atoms with E-state index in [1.165, 1.54) is 5.56 Å². The Morgan fingerprint density at radius 1 is 1.00 bits per heavy atom. The highest BCUT2D eigenvalue weighted by Gasteiger charge is 2.09. The molecule has 0 bridgehead atoms. The van der Waals surface area contributed by atoms with Crippen LogP contribution in [0.15, 0.2) is 59.6 Å². The number of guanidine groups is 1. The van der Waals surface area contributed by atoms with Gasteiger partial charge in [0, 0.05) is 12.1 Å². The van der Waals surface area contributed by atoms with Gasteiger partial charge in [-0.2, -0.15) is 0 Å². The van der Waals surface area contributed by atoms with Crippen molar-refractivity contribution >= 4 is 29.9 Å². The molecule has 0 aromatic heterocycles. The zero-order chi connectivity index (χ0) is 17.4. The van der Waals surface area contributed by atoms with Crippen LogP contribution in [0.4, 0.5) is 0 Å². The summed E-state index contributed by atoms with van der Waals surface area (Å²) in [6.45, 7) is 7.43. The van der Waals surface area contributed by atoms with Gasteiger partial charge in [0.1, 0.15) is 12.4 Å². The molecule has 2 aromatic rings. The highest BCUT2D eigenvalue weighted by molar-refractivity contribution is 14.0. The Morgan fingerprint density at radius 2 is 1.64 bits per heavy atom. The van der Waals surface area contributed by atoms with Gasteiger partial charge >= 0.3 is 0 Å². The number of benzene rings is 2. The van der Waals surface area contributed by atoms with Crippen LogP contribution in [0, 0.1) is 0 Å². The molecule has 0 aliphatic rings. The van der Waals surface area contributed by atoms with Gasteiger partial charge in [-0.1, -0.05) is 42.5 Å². The first-order chi connectivity index (χ1) is 11.4. The van der Waals surface area contributed by atoms with Gasteiger partial charge in [-0.05, 0) is 50.5 Å². The second-order valence-corrected chi connectivity index (χ2v) is 6.81. The summed E-state index contributed by atoms with van der Waals surface area (Å²) in [6.07, 6.45) is 0.853. The van der Waals surface area contributed by atoms with Crippen LogP contribution in [0.3, 0.4) is 0 Å². The normalized spacial score (nSPS) is 11.6. The van der Waals surface area contributed by atoms with Gasteiger partial charge in [0.05, 0.1) is 0 Å². The first-order valence-electron chi connectivity index (χ1n) is 8.26. The van der Waals surface area contributed by atoms with Gasteiger partial charge in [0.25, 0.3) is 0 Å². The van der Waals surface area contributed by atoms with Crippen molar-refractivity contribution in [1.29, 1.82) is 0 Å². The van der Waals surface area contributed by atoms with E-state index in [0.717, 1.165) is 17.7 Å². The summed E-state index contributed by atoms with van der Waals surface area (Å²) in [5, 5.41) is 3.15. The van der Waals surface area contributed by atoms with Crippen LogP contribution in [-0.4, -0.2) is 18.0 Å². The summed E-state index contributed by atoms with van der Waals surface area (Å²) in [6, 6.07) is 18.3. The number of nitrogens with two attached hydrogens (primary N) is 1. The monoisotopic (exact) mass is 453 g/mol. The number of rotatable bonds is 6. The van der Waals surface area contributed by atoms with Gasteiger partial charge in [-0.15, -0.1) is 24.0 Å². The average molecular weight is 453 g/mol. The van der Waals surface area contributed by atoms with Crippen molar-refractivity contribution in [2.45, 2.75) is 39.3 Å². The molecule has 3 N–H and O–H groups in total. The number of ether oxygens (including phenoxy) is 1. The minimum Gasteiger partial charge on any atom is -0.489 e. The molecular formula is C20H28IN3O. The zero-order valence-electron chi connectivity index (χ0n) is 15.2. The number of nitrogens with one attached hydrogen (secondary N) is 1. The molecule has 0 fully saturated rings. The van der Waals surface area contributed by atoms with E-state index in [9.17, 15) is 0 Å². The minimum absolute atomic E-state index is 0. The molecule has 2 aromatic carbocycles. The van der Waals surface area contributed by atoms with Crippen molar-refractivity contribution in [2.75, 3.05) is 6.54 Å². The number of hydrogen-bond acceptors (Lipinski definition) is 2. The molecule has 0 heterocycles. The number of halogens is 1. The van der Waals surface area contributed by atoms with Crippen molar-refractivity contribution in [2.24, 2.45) is 10.7 Å². The maximum atomic E-state index is 5.86. The lowest BCUT2D eigenvalue weighted by molar-refractivity contribution is 0.306. The van der Waals surface area contributed by atoms with Gasteiger partial charge in [0.15, 0.2) is 5.96 Å². The molecule has 136 valence electrons. The zero-order valence-corrected chi connectivity index (χ0v) is 17.5. The Hall–Kier alpha value is -1.76. The van der Waals surface area contributed by atoms with Gasteiger partial charge in [0.2, 0.25) is 0 Å². The summed E-state index contributed by atoms with van der Waals surface area (Å²) < 4.78 is 5.79. The van der Waals surface area contributed by atoms with Crippen molar-refractivity contribution < 1.29 is 4.74 Å². The smallest absolute Gasteiger partial charge is 0.188 e. The summed E-state index contributed by atoms with van der Waals surface area (Å²) >= 11 is 0. The van der Waals surface area contributed by atoms with Crippen LogP contribution < -0.4 is 15.8 Å². The van der Waals surface area contributed by atoms with E-state index < -0.39 is 0 Å². The highest BCUT2D eigenvalue weighted by Crippen LogP contribution is 2.14. The molecular weight excluding hydrogens is 425 g/mol. The fourth-order valence-corrected chi connectivity index (χ4v) is 2.22. The van der Waals surface area contributed by atoms with Gasteiger partial charge < -0.3 is 15.8 Å². The number of hydrogen-bond donors (Lipinski definition) is 2. The minimum atomic E-state index is -0.0642. The lowest BCUT2D eigenvalue weighted by Gasteiger charge is -2.20. The topological polar surface area (TPSA) is 59.6 Å². The van der Waals surface area contributed by atoms with E-state index in [4.69, 9.17) is 10.5 Å². The molecule has 0 unspecified atom stereocenters. The Labute approximate surface area is 167 Å². The predicted octanol–water partition coefficient (Wildman–Crippen LogP) is 4.13. The number of nitrogens with zero attached hydrogens (tertiary/aromatic N) is 1. The third kappa shape index (κ3) is 8.77. The number of aliphatic imine (C=N–C) groups is 1. The van der Waals surface area contributed by atoms with Crippen molar-refractivity contribution in [3.8, 4) is 5.75 Å². The molecule has 0 atom stereocenters. The SMILES string of the molecule is CC(C)(C)NC(N)=NCCc1ccc(OCc2ccccc2)cc1.I. The Kier molecular flexibility index (Phi) is 8.75. The molecule has 2 rings (SSSR count). The van der Waals surface area contributed by atoms with E-state index in [-0.39, 0.29) is 29.5 Å². The standard InChI is InChI=1S/C20H27N3O.HI/c1-20(2,3)23-19(21)22-14-13-16-9-11-18(12-10-16)24-15-17-7-5-4-6-8-17;/h4-12H,13-15H2,1-3H3,(H3,21,22,23);1H. The van der Waals surface area contributed by atoms with E-state index in [1.807, 2.05) is 30.3 Å². The summed E-state index contributed by atoms with van der Waals surface area (Å²) in [7, 11) is 0. The van der Waals surface area contributed by atoms with Crippen LogP contribution in [0.2, 0.25) is 0 Å². The van der Waals surface area contributed by atoms with E-state index in [1.54, 1.807) is 0 Å². The maximum Gasteiger partial charge on any atom is 0.188 e. The molecule has 0 aliphatic heterocycles. The second-order valence-electron chi connectivity index (χ2n) is 6.81. The van der Waals surface area contributed by atoms with E-state index in [2.05, 4.69) is 55.3 Å². The van der Waals surface area contributed by atoms with Crippen molar-refractivity contribution in [1.82, 2.24) is 5.32 Å². The Morgan fingerprint density at radius 3 is 2.24 bits per heavy atom. The summed E-state index contributed by atoms with van der Waals surface area (Å²) in [4.78, 5) is 4.36. The van der Waals surface area contributed by atoms with Crippen molar-refractivity contribution in [3.63, 3.8) is 0 Å². The van der Waals surface area contributed by atoms with Gasteiger partial charge in [-0.3, -0.25) is 4.99 Å². The fraction of sp³-hybridized carbons (Fsp3) is 0.350. The predicted molar refractivity (Wildman–Crippen MR) is 116 cm³/mol. The average Bonchev–Trinajstić information content (AvgIpc) is 2.53. The molecule has 0 spiro atoms. The summed E-state index contributed by atoms with van der Waals surface area (Å²) in [5.41, 5.74) is 8.18. The second kappa shape index (κ2) is 10.3. The fourth-order valence-electron chi connectivity index (χ4n) is 2.22. The van der Waals surface area contributed by atoms with Crippen LogP contribution in [0.1, 0.15) is 31.9 Å². The van der Waals surface area contributed by atoms with Crippen molar-refractivity contribution in [3.05, 3.63) is 65.7 Å². The lowest BCUT2D eigenvalue weighted by Crippen LogP contribution is -2.45. The summed E-state index contributed by atoms with van der Waals surface area (Å²) in [5.74, 6) is 1.37. The highest BCUT2D eigenvalue weighted by atomic mass is 127. The molecule has 5 heteroatoms. The first-order valence-corrected chi connectivity index (χ1v) is 8.26. The van der Waals surface area contributed by atoms with Gasteiger partial charge in [-0.25, -0.2) is 0 Å². The quantitative estimate of drug-likeness (QED) is 0.393. The van der Waals surface area contributed by atoms with E-state index in [0.29, 0.717) is 19.1 Å². The molecule has 0 saturated heterocycles. The van der Waals surface area contributed by atoms with E-state index >= 15 is 0 Å². The Bertz CT molecular complexity index is 649. The lowest BCUT2D eigenvalue weighted by atomic mass is 10.1. The van der Waals surface area contributed by atoms with Crippen LogP contribution in [0.25, 0.3) is 0 Å². The van der Waals surface area contributed by atoms with Crippen LogP contribution >= 0.6 is 24.0 Å². The molecule has 25 heavy (non-hydrogen) atoms. The largest absolute Gasteiger partial charge is 0.489 e. The first kappa shape index (κ1) is 21.3. The van der Waals surface area contributed by atoms with Crippen LogP contribution in [0.5, 0.6) is 5.75 Å². The van der Waals surface area contributed by atoms with Crippen LogP contribution in [-0.2, 0) is 13.0 Å².